The summed E-state index contributed by atoms with van der Waals surface area (Å²) in [6.07, 6.45) is 0. The van der Waals surface area contributed by atoms with Gasteiger partial charge >= 0.3 is 0 Å². The van der Waals surface area contributed by atoms with Gasteiger partial charge in [-0.3, -0.25) is 14.4 Å². The molecule has 17 heavy (non-hydrogen) atoms. The fraction of sp³-hybridized carbons (Fsp3) is 0.636. The summed E-state index contributed by atoms with van der Waals surface area (Å²) in [6.45, 7) is 5.45. The van der Waals surface area contributed by atoms with Crippen molar-refractivity contribution in [2.24, 2.45) is 7.05 Å². The van der Waals surface area contributed by atoms with Crippen LogP contribution in [0.25, 0.3) is 0 Å². The van der Waals surface area contributed by atoms with Crippen LogP contribution in [0, 0.1) is 6.92 Å². The summed E-state index contributed by atoms with van der Waals surface area (Å²) < 4.78 is 1.65. The second kappa shape index (κ2) is 6.02. The van der Waals surface area contributed by atoms with Crippen LogP contribution in [0.1, 0.15) is 18.2 Å². The Morgan fingerprint density at radius 2 is 2.24 bits per heavy atom. The van der Waals surface area contributed by atoms with Crippen LogP contribution in [0.5, 0.6) is 0 Å². The molecule has 5 nitrogen and oxygen atoms in total. The van der Waals surface area contributed by atoms with Gasteiger partial charge in [0.05, 0.1) is 12.2 Å². The third-order valence-electron chi connectivity index (χ3n) is 2.49. The Morgan fingerprint density at radius 1 is 1.59 bits per heavy atom. The van der Waals surface area contributed by atoms with E-state index in [-0.39, 0.29) is 5.91 Å². The molecule has 1 amide bonds. The Morgan fingerprint density at radius 3 is 2.71 bits per heavy atom. The van der Waals surface area contributed by atoms with Crippen LogP contribution in [-0.2, 0) is 18.4 Å². The Hall–Kier alpha value is -1.07. The zero-order chi connectivity index (χ0) is 13.0. The molecule has 0 aromatic carbocycles. The summed E-state index contributed by atoms with van der Waals surface area (Å²) in [4.78, 5) is 13.3. The molecule has 0 saturated heterocycles. The first-order valence-corrected chi connectivity index (χ1v) is 5.96. The lowest BCUT2D eigenvalue weighted by molar-refractivity contribution is -0.121. The summed E-state index contributed by atoms with van der Waals surface area (Å²) in [7, 11) is 3.70. The van der Waals surface area contributed by atoms with Gasteiger partial charge in [-0.05, 0) is 20.9 Å². The number of halogens is 1. The highest BCUT2D eigenvalue weighted by Gasteiger charge is 2.14. The van der Waals surface area contributed by atoms with Crippen molar-refractivity contribution in [3.8, 4) is 0 Å². The van der Waals surface area contributed by atoms with Gasteiger partial charge in [0.2, 0.25) is 5.91 Å². The minimum atomic E-state index is 0.0210. The average Bonchev–Trinajstić information content (AvgIpc) is 2.45. The normalized spacial score (nSPS) is 10.9. The fourth-order valence-corrected chi connectivity index (χ4v) is 1.91. The lowest BCUT2D eigenvalue weighted by Gasteiger charge is -2.15. The predicted octanol–water partition coefficient (Wildman–Crippen LogP) is 0.950. The van der Waals surface area contributed by atoms with Crippen LogP contribution < -0.4 is 5.32 Å². The van der Waals surface area contributed by atoms with Crippen molar-refractivity contribution >= 4 is 17.5 Å². The molecule has 1 heterocycles. The van der Waals surface area contributed by atoms with Gasteiger partial charge < -0.3 is 5.32 Å². The maximum absolute atomic E-state index is 11.4. The quantitative estimate of drug-likeness (QED) is 0.856. The average molecular weight is 259 g/mol. The Kier molecular flexibility index (Phi) is 4.96. The maximum atomic E-state index is 11.4. The fourth-order valence-electron chi connectivity index (χ4n) is 1.68. The Labute approximate surface area is 107 Å². The minimum absolute atomic E-state index is 0.0210. The van der Waals surface area contributed by atoms with E-state index >= 15 is 0 Å². The lowest BCUT2D eigenvalue weighted by Crippen LogP contribution is -2.34. The smallest absolute Gasteiger partial charge is 0.234 e. The van der Waals surface area contributed by atoms with Crippen molar-refractivity contribution in [2.75, 3.05) is 20.1 Å². The van der Waals surface area contributed by atoms with E-state index in [1.165, 1.54) is 0 Å². The molecule has 0 radical (unpaired) electrons. The van der Waals surface area contributed by atoms with E-state index in [0.717, 1.165) is 11.3 Å². The molecule has 0 aliphatic carbocycles. The number of rotatable bonds is 5. The largest absolute Gasteiger partial charge is 0.355 e. The van der Waals surface area contributed by atoms with Gasteiger partial charge in [-0.1, -0.05) is 11.6 Å². The van der Waals surface area contributed by atoms with E-state index in [4.69, 9.17) is 11.6 Å². The molecule has 0 aliphatic rings. The van der Waals surface area contributed by atoms with Crippen LogP contribution in [0.15, 0.2) is 0 Å². The molecule has 1 aromatic rings. The highest BCUT2D eigenvalue weighted by atomic mass is 35.5. The highest BCUT2D eigenvalue weighted by molar-refractivity contribution is 6.30. The Bertz CT molecular complexity index is 402. The van der Waals surface area contributed by atoms with E-state index in [1.807, 2.05) is 32.8 Å². The number of hydrogen-bond acceptors (Lipinski definition) is 3. The number of nitrogens with one attached hydrogen (secondary N) is 1. The van der Waals surface area contributed by atoms with Crippen molar-refractivity contribution in [3.63, 3.8) is 0 Å². The third kappa shape index (κ3) is 3.71. The molecule has 0 atom stereocenters. The molecule has 0 unspecified atom stereocenters. The molecule has 0 bridgehead atoms. The van der Waals surface area contributed by atoms with Gasteiger partial charge in [0.25, 0.3) is 0 Å². The summed E-state index contributed by atoms with van der Waals surface area (Å²) in [5.41, 5.74) is 1.88. The molecule has 96 valence electrons. The molecule has 1 rings (SSSR count). The molecule has 0 spiro atoms. The molecule has 1 aromatic heterocycles. The summed E-state index contributed by atoms with van der Waals surface area (Å²) in [5, 5.41) is 7.63. The first-order valence-electron chi connectivity index (χ1n) is 5.58. The first-order chi connectivity index (χ1) is 7.95. The Balaban J connectivity index is 2.62. The lowest BCUT2D eigenvalue weighted by atomic mass is 10.2. The first kappa shape index (κ1) is 14.0. The molecule has 0 saturated carbocycles. The highest BCUT2D eigenvalue weighted by Crippen LogP contribution is 2.19. The van der Waals surface area contributed by atoms with Gasteiger partial charge in [-0.15, -0.1) is 0 Å². The van der Waals surface area contributed by atoms with Gasteiger partial charge in [0, 0.05) is 25.7 Å². The second-order valence-corrected chi connectivity index (χ2v) is 4.46. The van der Waals surface area contributed by atoms with Crippen molar-refractivity contribution in [2.45, 2.75) is 20.4 Å². The van der Waals surface area contributed by atoms with Gasteiger partial charge in [-0.25, -0.2) is 0 Å². The minimum Gasteiger partial charge on any atom is -0.355 e. The van der Waals surface area contributed by atoms with Crippen LogP contribution in [0.2, 0.25) is 5.15 Å². The second-order valence-electron chi connectivity index (χ2n) is 4.10. The summed E-state index contributed by atoms with van der Waals surface area (Å²) in [5.74, 6) is 0.0210. The number of aromatic nitrogens is 2. The number of likely N-dealkylation sites (N-methyl/N-ethyl adjacent to an activating group) is 2. The van der Waals surface area contributed by atoms with Crippen LogP contribution >= 0.6 is 11.6 Å². The van der Waals surface area contributed by atoms with Crippen molar-refractivity contribution < 1.29 is 4.79 Å². The molecule has 0 fully saturated rings. The SMILES string of the molecule is CCNC(=O)CN(C)Cc1c(C)nn(C)c1Cl. The van der Waals surface area contributed by atoms with E-state index < -0.39 is 0 Å². The van der Waals surface area contributed by atoms with Crippen molar-refractivity contribution in [1.82, 2.24) is 20.0 Å². The molecule has 1 N–H and O–H groups in total. The van der Waals surface area contributed by atoms with E-state index in [0.29, 0.717) is 24.8 Å². The van der Waals surface area contributed by atoms with Crippen LogP contribution in [0.3, 0.4) is 0 Å². The van der Waals surface area contributed by atoms with Crippen LogP contribution in [0.4, 0.5) is 0 Å². The molecular formula is C11H19ClN4O. The van der Waals surface area contributed by atoms with Crippen molar-refractivity contribution in [1.29, 1.82) is 0 Å². The van der Waals surface area contributed by atoms with Gasteiger partial charge in [-0.2, -0.15) is 5.10 Å². The van der Waals surface area contributed by atoms with E-state index in [1.54, 1.807) is 4.68 Å². The van der Waals surface area contributed by atoms with E-state index in [2.05, 4.69) is 10.4 Å². The topological polar surface area (TPSA) is 50.2 Å². The number of aryl methyl sites for hydroxylation is 2. The zero-order valence-corrected chi connectivity index (χ0v) is 11.5. The molecule has 0 aliphatic heterocycles. The van der Waals surface area contributed by atoms with Gasteiger partial charge in [0.15, 0.2) is 0 Å². The number of carbonyl (C=O) groups excluding carboxylic acids is 1. The molecular weight excluding hydrogens is 240 g/mol. The predicted molar refractivity (Wildman–Crippen MR) is 68.0 cm³/mol. The van der Waals surface area contributed by atoms with E-state index in [9.17, 15) is 4.79 Å². The zero-order valence-electron chi connectivity index (χ0n) is 10.7. The standard InChI is InChI=1S/C11H19ClN4O/c1-5-13-10(17)7-15(3)6-9-8(2)14-16(4)11(9)12/h5-7H2,1-4H3,(H,13,17). The van der Waals surface area contributed by atoms with Crippen LogP contribution in [-0.4, -0.2) is 40.7 Å². The van der Waals surface area contributed by atoms with Crippen molar-refractivity contribution in [3.05, 3.63) is 16.4 Å². The summed E-state index contributed by atoms with van der Waals surface area (Å²) in [6, 6.07) is 0. The maximum Gasteiger partial charge on any atom is 0.234 e. The number of hydrogen-bond donors (Lipinski definition) is 1. The molecule has 6 heteroatoms. The number of amides is 1. The number of nitrogens with zero attached hydrogens (tertiary/aromatic N) is 3. The van der Waals surface area contributed by atoms with Gasteiger partial charge in [0.1, 0.15) is 5.15 Å². The number of carbonyl (C=O) groups is 1. The summed E-state index contributed by atoms with van der Waals surface area (Å²) >= 11 is 6.13. The third-order valence-corrected chi connectivity index (χ3v) is 2.96. The monoisotopic (exact) mass is 258 g/mol.